The van der Waals surface area contributed by atoms with Gasteiger partial charge in [0.25, 0.3) is 0 Å². The van der Waals surface area contributed by atoms with Gasteiger partial charge in [-0.05, 0) is 31.2 Å². The number of halogens is 1. The number of hydrogen-bond acceptors (Lipinski definition) is 4. The molecule has 0 radical (unpaired) electrons. The highest BCUT2D eigenvalue weighted by atomic mass is 35.5. The van der Waals surface area contributed by atoms with Crippen LogP contribution in [0.1, 0.15) is 16.1 Å². The summed E-state index contributed by atoms with van der Waals surface area (Å²) in [5, 5.41) is 0.644. The van der Waals surface area contributed by atoms with E-state index in [0.717, 1.165) is 5.56 Å². The molecule has 4 nitrogen and oxygen atoms in total. The van der Waals surface area contributed by atoms with Crippen LogP contribution in [0.2, 0.25) is 5.02 Å². The molecule has 19 heavy (non-hydrogen) atoms. The highest BCUT2D eigenvalue weighted by molar-refractivity contribution is 7.71. The van der Waals surface area contributed by atoms with Crippen LogP contribution in [0.25, 0.3) is 11.4 Å². The Morgan fingerprint density at radius 1 is 1.37 bits per heavy atom. The van der Waals surface area contributed by atoms with Gasteiger partial charge in [-0.2, -0.15) is 0 Å². The van der Waals surface area contributed by atoms with Crippen LogP contribution in [0.4, 0.5) is 0 Å². The number of nitrogens with one attached hydrogen (secondary N) is 1. The van der Waals surface area contributed by atoms with Crippen molar-refractivity contribution in [1.29, 1.82) is 0 Å². The van der Waals surface area contributed by atoms with E-state index in [1.807, 2.05) is 12.1 Å². The third-order valence-corrected chi connectivity index (χ3v) is 3.16. The third kappa shape index (κ3) is 2.83. The van der Waals surface area contributed by atoms with Crippen molar-refractivity contribution in [3.8, 4) is 11.4 Å². The average molecular weight is 295 g/mol. The van der Waals surface area contributed by atoms with Gasteiger partial charge in [0.05, 0.1) is 7.11 Å². The maximum Gasteiger partial charge on any atom is 0.342 e. The summed E-state index contributed by atoms with van der Waals surface area (Å²) < 4.78 is 4.89. The molecule has 0 atom stereocenters. The number of carbonyl (C=O) groups is 1. The first-order chi connectivity index (χ1) is 9.02. The summed E-state index contributed by atoms with van der Waals surface area (Å²) in [6.45, 7) is 1.75. The molecular weight excluding hydrogens is 284 g/mol. The quantitative estimate of drug-likeness (QED) is 0.680. The second-order valence-corrected chi connectivity index (χ2v) is 4.71. The number of esters is 1. The van der Waals surface area contributed by atoms with Crippen molar-refractivity contribution in [2.24, 2.45) is 0 Å². The van der Waals surface area contributed by atoms with E-state index in [0.29, 0.717) is 16.5 Å². The van der Waals surface area contributed by atoms with E-state index in [1.54, 1.807) is 19.1 Å². The molecule has 1 N–H and O–H groups in total. The minimum Gasteiger partial charge on any atom is -0.465 e. The SMILES string of the molecule is COC(=O)c1c(C)[nH]c(-c2ccc(Cl)cc2)nc1=S. The zero-order valence-corrected chi connectivity index (χ0v) is 11.9. The number of ether oxygens (including phenoxy) is 1. The molecule has 1 heterocycles. The molecule has 1 aromatic heterocycles. The molecule has 0 bridgehead atoms. The number of nitrogens with zero attached hydrogens (tertiary/aromatic N) is 1. The lowest BCUT2D eigenvalue weighted by Gasteiger charge is -2.07. The topological polar surface area (TPSA) is 55.0 Å². The number of hydrogen-bond donors (Lipinski definition) is 1. The van der Waals surface area contributed by atoms with Crippen LogP contribution in [0, 0.1) is 11.6 Å². The molecule has 0 spiro atoms. The maximum atomic E-state index is 11.6. The average Bonchev–Trinajstić information content (AvgIpc) is 2.38. The minimum absolute atomic E-state index is 0.216. The zero-order chi connectivity index (χ0) is 14.0. The van der Waals surface area contributed by atoms with E-state index in [4.69, 9.17) is 23.8 Å². The van der Waals surface area contributed by atoms with Gasteiger partial charge in [0.1, 0.15) is 16.0 Å². The minimum atomic E-state index is -0.492. The Morgan fingerprint density at radius 2 is 2.00 bits per heavy atom. The summed E-state index contributed by atoms with van der Waals surface area (Å²) in [6, 6.07) is 7.18. The Hall–Kier alpha value is -1.72. The smallest absolute Gasteiger partial charge is 0.342 e. The molecule has 1 aromatic carbocycles. The zero-order valence-electron chi connectivity index (χ0n) is 10.4. The fraction of sp³-hybridized carbons (Fsp3) is 0.154. The van der Waals surface area contributed by atoms with Crippen LogP contribution >= 0.6 is 23.8 Å². The van der Waals surface area contributed by atoms with Gasteiger partial charge in [-0.15, -0.1) is 0 Å². The van der Waals surface area contributed by atoms with Crippen molar-refractivity contribution in [2.75, 3.05) is 7.11 Å². The predicted octanol–water partition coefficient (Wildman–Crippen LogP) is 3.55. The van der Waals surface area contributed by atoms with Crippen molar-refractivity contribution >= 4 is 29.8 Å². The number of methoxy groups -OCH3 is 1. The lowest BCUT2D eigenvalue weighted by Crippen LogP contribution is -2.08. The van der Waals surface area contributed by atoms with E-state index in [9.17, 15) is 4.79 Å². The molecule has 0 aliphatic heterocycles. The van der Waals surface area contributed by atoms with Gasteiger partial charge in [0.2, 0.25) is 0 Å². The van der Waals surface area contributed by atoms with Crippen LogP contribution in [0.15, 0.2) is 24.3 Å². The Balaban J connectivity index is 2.54. The highest BCUT2D eigenvalue weighted by Crippen LogP contribution is 2.20. The number of H-pyrrole nitrogens is 1. The second kappa shape index (κ2) is 5.50. The van der Waals surface area contributed by atoms with Gasteiger partial charge >= 0.3 is 5.97 Å². The van der Waals surface area contributed by atoms with Crippen molar-refractivity contribution in [1.82, 2.24) is 9.97 Å². The van der Waals surface area contributed by atoms with Gasteiger partial charge in [0, 0.05) is 16.3 Å². The molecule has 6 heteroatoms. The van der Waals surface area contributed by atoms with Gasteiger partial charge in [-0.1, -0.05) is 23.8 Å². The first-order valence-corrected chi connectivity index (χ1v) is 6.26. The molecular formula is C13H11ClN2O2S. The molecule has 0 amide bonds. The molecule has 0 aliphatic rings. The van der Waals surface area contributed by atoms with Crippen molar-refractivity contribution in [2.45, 2.75) is 6.92 Å². The van der Waals surface area contributed by atoms with E-state index >= 15 is 0 Å². The van der Waals surface area contributed by atoms with E-state index in [-0.39, 0.29) is 10.2 Å². The van der Waals surface area contributed by atoms with Crippen LogP contribution in [0.3, 0.4) is 0 Å². The Kier molecular flexibility index (Phi) is 3.97. The number of carbonyl (C=O) groups excluding carboxylic acids is 1. The predicted molar refractivity (Wildman–Crippen MR) is 75.9 cm³/mol. The lowest BCUT2D eigenvalue weighted by molar-refractivity contribution is 0.0598. The van der Waals surface area contributed by atoms with Gasteiger partial charge in [-0.3, -0.25) is 0 Å². The molecule has 2 aromatic rings. The highest BCUT2D eigenvalue weighted by Gasteiger charge is 2.14. The molecule has 0 aliphatic carbocycles. The fourth-order valence-corrected chi connectivity index (χ4v) is 2.13. The van der Waals surface area contributed by atoms with E-state index < -0.39 is 5.97 Å². The first-order valence-electron chi connectivity index (χ1n) is 5.48. The van der Waals surface area contributed by atoms with E-state index in [2.05, 4.69) is 14.7 Å². The molecule has 0 saturated heterocycles. The lowest BCUT2D eigenvalue weighted by atomic mass is 10.2. The molecule has 0 fully saturated rings. The Labute approximate surface area is 120 Å². The monoisotopic (exact) mass is 294 g/mol. The van der Waals surface area contributed by atoms with Crippen molar-refractivity contribution < 1.29 is 9.53 Å². The standard InChI is InChI=1S/C13H11ClN2O2S/c1-7-10(13(17)18-2)12(19)16-11(15-7)8-3-5-9(14)6-4-8/h3-6H,1-2H3,(H,15,16,19). The van der Waals surface area contributed by atoms with E-state index in [1.165, 1.54) is 7.11 Å². The normalized spacial score (nSPS) is 10.3. The van der Waals surface area contributed by atoms with Crippen LogP contribution < -0.4 is 0 Å². The molecule has 98 valence electrons. The number of benzene rings is 1. The fourth-order valence-electron chi connectivity index (χ4n) is 1.67. The summed E-state index contributed by atoms with van der Waals surface area (Å²) in [4.78, 5) is 18.8. The summed E-state index contributed by atoms with van der Waals surface area (Å²) in [6.07, 6.45) is 0. The molecule has 0 saturated carbocycles. The van der Waals surface area contributed by atoms with Gasteiger partial charge in [0.15, 0.2) is 0 Å². The van der Waals surface area contributed by atoms with Crippen LogP contribution in [-0.4, -0.2) is 23.0 Å². The van der Waals surface area contributed by atoms with Gasteiger partial charge in [-0.25, -0.2) is 9.78 Å². The third-order valence-electron chi connectivity index (χ3n) is 2.62. The van der Waals surface area contributed by atoms with Crippen LogP contribution in [-0.2, 0) is 4.74 Å². The summed E-state index contributed by atoms with van der Waals surface area (Å²) >= 11 is 11.0. The molecule has 2 rings (SSSR count). The Morgan fingerprint density at radius 3 is 2.53 bits per heavy atom. The number of aryl methyl sites for hydroxylation is 1. The Bertz CT molecular complexity index is 680. The van der Waals surface area contributed by atoms with Crippen molar-refractivity contribution in [3.63, 3.8) is 0 Å². The number of aromatic nitrogens is 2. The summed E-state index contributed by atoms with van der Waals surface area (Å²) in [5.41, 5.74) is 1.75. The summed E-state index contributed by atoms with van der Waals surface area (Å²) in [7, 11) is 1.31. The largest absolute Gasteiger partial charge is 0.465 e. The first kappa shape index (κ1) is 13.7. The van der Waals surface area contributed by atoms with Crippen LogP contribution in [0.5, 0.6) is 0 Å². The van der Waals surface area contributed by atoms with Crippen molar-refractivity contribution in [3.05, 3.63) is 45.2 Å². The summed E-state index contributed by atoms with van der Waals surface area (Å²) in [5.74, 6) is 0.0979. The van der Waals surface area contributed by atoms with Gasteiger partial charge < -0.3 is 9.72 Å². The number of rotatable bonds is 2. The number of aromatic amines is 1. The molecule has 0 unspecified atom stereocenters. The maximum absolute atomic E-state index is 11.6. The second-order valence-electron chi connectivity index (χ2n) is 3.89.